The highest BCUT2D eigenvalue weighted by Gasteiger charge is 2.18. The standard InChI is InChI=1S/C19H20N2O6S/c1-3-13(2)21-28(23,24)16-8-6-14(7-9-16)19(22)26-12-15-11-18(27-20-15)17-5-4-10-25-17/h4-11,13,21H,3,12H2,1-2H3/t13-/m0/s1. The van der Waals surface area contributed by atoms with E-state index < -0.39 is 16.0 Å². The summed E-state index contributed by atoms with van der Waals surface area (Å²) in [4.78, 5) is 12.3. The maximum atomic E-state index is 12.2. The topological polar surface area (TPSA) is 112 Å². The molecule has 2 heterocycles. The largest absolute Gasteiger partial charge is 0.461 e. The van der Waals surface area contributed by atoms with Crippen molar-refractivity contribution in [3.63, 3.8) is 0 Å². The van der Waals surface area contributed by atoms with Crippen LogP contribution in [0.3, 0.4) is 0 Å². The maximum Gasteiger partial charge on any atom is 0.338 e. The van der Waals surface area contributed by atoms with Crippen LogP contribution in [-0.2, 0) is 21.4 Å². The molecule has 148 valence electrons. The summed E-state index contributed by atoms with van der Waals surface area (Å²) in [6.45, 7) is 3.59. The molecule has 0 aliphatic carbocycles. The number of hydrogen-bond donors (Lipinski definition) is 1. The summed E-state index contributed by atoms with van der Waals surface area (Å²) in [6.07, 6.45) is 2.19. The number of nitrogens with zero attached hydrogens (tertiary/aromatic N) is 1. The van der Waals surface area contributed by atoms with Gasteiger partial charge in [-0.05, 0) is 49.7 Å². The van der Waals surface area contributed by atoms with Gasteiger partial charge in [-0.3, -0.25) is 0 Å². The lowest BCUT2D eigenvalue weighted by atomic mass is 10.2. The number of rotatable bonds is 8. The minimum absolute atomic E-state index is 0.0847. The molecule has 0 saturated carbocycles. The highest BCUT2D eigenvalue weighted by molar-refractivity contribution is 7.89. The molecule has 2 aromatic heterocycles. The van der Waals surface area contributed by atoms with Crippen LogP contribution in [-0.4, -0.2) is 25.6 Å². The van der Waals surface area contributed by atoms with Gasteiger partial charge in [0.2, 0.25) is 15.8 Å². The van der Waals surface area contributed by atoms with Crippen molar-refractivity contribution in [2.45, 2.75) is 37.8 Å². The third kappa shape index (κ3) is 4.68. The zero-order valence-electron chi connectivity index (χ0n) is 15.4. The maximum absolute atomic E-state index is 12.2. The van der Waals surface area contributed by atoms with Crippen LogP contribution in [0.4, 0.5) is 0 Å². The summed E-state index contributed by atoms with van der Waals surface area (Å²) in [6, 6.07) is 10.4. The van der Waals surface area contributed by atoms with Crippen LogP contribution in [0.1, 0.15) is 36.3 Å². The second-order valence-corrected chi connectivity index (χ2v) is 7.90. The quantitative estimate of drug-likeness (QED) is 0.573. The van der Waals surface area contributed by atoms with Crippen LogP contribution in [0.5, 0.6) is 0 Å². The lowest BCUT2D eigenvalue weighted by molar-refractivity contribution is 0.0464. The number of carbonyl (C=O) groups excluding carboxylic acids is 1. The molecule has 1 aromatic carbocycles. The molecule has 0 fully saturated rings. The highest BCUT2D eigenvalue weighted by Crippen LogP contribution is 2.21. The zero-order chi connectivity index (χ0) is 20.1. The summed E-state index contributed by atoms with van der Waals surface area (Å²) in [5.41, 5.74) is 0.661. The van der Waals surface area contributed by atoms with Gasteiger partial charge >= 0.3 is 5.97 Å². The second-order valence-electron chi connectivity index (χ2n) is 6.19. The summed E-state index contributed by atoms with van der Waals surface area (Å²) in [5, 5.41) is 3.82. The SMILES string of the molecule is CC[C@H](C)NS(=O)(=O)c1ccc(C(=O)OCc2cc(-c3ccco3)on2)cc1. The number of sulfonamides is 1. The fourth-order valence-electron chi connectivity index (χ4n) is 2.32. The van der Waals surface area contributed by atoms with Gasteiger partial charge in [-0.2, -0.15) is 0 Å². The zero-order valence-corrected chi connectivity index (χ0v) is 16.2. The number of nitrogens with one attached hydrogen (secondary N) is 1. The first-order chi connectivity index (χ1) is 13.4. The van der Waals surface area contributed by atoms with E-state index in [0.29, 0.717) is 23.6 Å². The van der Waals surface area contributed by atoms with Crippen LogP contribution in [0.25, 0.3) is 11.5 Å². The average Bonchev–Trinajstić information content (AvgIpc) is 3.37. The molecule has 0 unspecified atom stereocenters. The molecule has 8 nitrogen and oxygen atoms in total. The Morgan fingerprint density at radius 1 is 1.21 bits per heavy atom. The first-order valence-corrected chi connectivity index (χ1v) is 10.2. The lowest BCUT2D eigenvalue weighted by Gasteiger charge is -2.12. The van der Waals surface area contributed by atoms with Crippen molar-refractivity contribution in [2.75, 3.05) is 0 Å². The van der Waals surface area contributed by atoms with Crippen molar-refractivity contribution in [2.24, 2.45) is 0 Å². The van der Waals surface area contributed by atoms with Gasteiger partial charge < -0.3 is 13.7 Å². The lowest BCUT2D eigenvalue weighted by Crippen LogP contribution is -2.32. The Hall–Kier alpha value is -2.91. The Kier molecular flexibility index (Phi) is 5.96. The van der Waals surface area contributed by atoms with Gasteiger partial charge in [0.25, 0.3) is 0 Å². The molecule has 0 aliphatic heterocycles. The third-order valence-corrected chi connectivity index (χ3v) is 5.65. The molecule has 28 heavy (non-hydrogen) atoms. The Balaban J connectivity index is 1.61. The minimum atomic E-state index is -3.62. The molecular weight excluding hydrogens is 384 g/mol. The van der Waals surface area contributed by atoms with Gasteiger partial charge in [0.05, 0.1) is 16.7 Å². The molecule has 0 aliphatic rings. The van der Waals surface area contributed by atoms with Crippen molar-refractivity contribution < 1.29 is 26.9 Å². The normalized spacial score (nSPS) is 12.6. The number of hydrogen-bond acceptors (Lipinski definition) is 7. The van der Waals surface area contributed by atoms with Gasteiger partial charge in [0, 0.05) is 12.1 Å². The van der Waals surface area contributed by atoms with Gasteiger partial charge in [0.1, 0.15) is 12.3 Å². The molecule has 0 bridgehead atoms. The Labute approximate surface area is 162 Å². The Bertz CT molecular complexity index is 1020. The van der Waals surface area contributed by atoms with E-state index in [9.17, 15) is 13.2 Å². The smallest absolute Gasteiger partial charge is 0.338 e. The number of furan rings is 1. The molecule has 0 spiro atoms. The van der Waals surface area contributed by atoms with Gasteiger partial charge in [-0.15, -0.1) is 0 Å². The van der Waals surface area contributed by atoms with Crippen molar-refractivity contribution in [3.05, 3.63) is 60.0 Å². The summed E-state index contributed by atoms with van der Waals surface area (Å²) in [7, 11) is -3.62. The summed E-state index contributed by atoms with van der Waals surface area (Å²) in [5.74, 6) is 0.355. The van der Waals surface area contributed by atoms with E-state index in [4.69, 9.17) is 13.7 Å². The molecule has 0 saturated heterocycles. The molecule has 0 amide bonds. The van der Waals surface area contributed by atoms with Crippen LogP contribution in [0.15, 0.2) is 62.6 Å². The summed E-state index contributed by atoms with van der Waals surface area (Å²) < 4.78 is 42.6. The molecular formula is C19H20N2O6S. The Morgan fingerprint density at radius 3 is 2.61 bits per heavy atom. The van der Waals surface area contributed by atoms with Gasteiger partial charge in [-0.25, -0.2) is 17.9 Å². The molecule has 0 radical (unpaired) electrons. The van der Waals surface area contributed by atoms with Crippen molar-refractivity contribution in [1.82, 2.24) is 9.88 Å². The van der Waals surface area contributed by atoms with Crippen LogP contribution in [0.2, 0.25) is 0 Å². The first-order valence-electron chi connectivity index (χ1n) is 8.68. The number of esters is 1. The number of benzene rings is 1. The van der Waals surface area contributed by atoms with Crippen LogP contribution in [0, 0.1) is 0 Å². The van der Waals surface area contributed by atoms with E-state index in [1.807, 2.05) is 6.92 Å². The van der Waals surface area contributed by atoms with Crippen molar-refractivity contribution in [1.29, 1.82) is 0 Å². The molecule has 9 heteroatoms. The Morgan fingerprint density at radius 2 is 1.96 bits per heavy atom. The predicted molar refractivity (Wildman–Crippen MR) is 99.8 cm³/mol. The fraction of sp³-hybridized carbons (Fsp3) is 0.263. The summed E-state index contributed by atoms with van der Waals surface area (Å²) >= 11 is 0. The monoisotopic (exact) mass is 404 g/mol. The fourth-order valence-corrected chi connectivity index (χ4v) is 3.65. The minimum Gasteiger partial charge on any atom is -0.461 e. The second kappa shape index (κ2) is 8.41. The highest BCUT2D eigenvalue weighted by atomic mass is 32.2. The van der Waals surface area contributed by atoms with Crippen molar-refractivity contribution >= 4 is 16.0 Å². The molecule has 1 N–H and O–H groups in total. The van der Waals surface area contributed by atoms with Gasteiger partial charge in [-0.1, -0.05) is 12.1 Å². The van der Waals surface area contributed by atoms with E-state index in [0.717, 1.165) is 0 Å². The van der Waals surface area contributed by atoms with E-state index in [1.54, 1.807) is 25.1 Å². The number of aromatic nitrogens is 1. The molecule has 3 aromatic rings. The van der Waals surface area contributed by atoms with E-state index in [-0.39, 0.29) is 23.1 Å². The first kappa shape index (κ1) is 19.8. The van der Waals surface area contributed by atoms with Gasteiger partial charge in [0.15, 0.2) is 5.76 Å². The molecule has 3 rings (SSSR count). The van der Waals surface area contributed by atoms with E-state index in [1.165, 1.54) is 30.5 Å². The number of carbonyl (C=O) groups is 1. The van der Waals surface area contributed by atoms with E-state index in [2.05, 4.69) is 9.88 Å². The third-order valence-electron chi connectivity index (χ3n) is 4.04. The average molecular weight is 404 g/mol. The van der Waals surface area contributed by atoms with E-state index >= 15 is 0 Å². The van der Waals surface area contributed by atoms with Crippen LogP contribution >= 0.6 is 0 Å². The number of ether oxygens (including phenoxy) is 1. The molecule has 1 atom stereocenters. The predicted octanol–water partition coefficient (Wildman–Crippen LogP) is 3.37. The van der Waals surface area contributed by atoms with Crippen molar-refractivity contribution in [3.8, 4) is 11.5 Å². The van der Waals surface area contributed by atoms with Crippen LogP contribution < -0.4 is 4.72 Å².